The van der Waals surface area contributed by atoms with E-state index in [1.165, 1.54) is 0 Å². The van der Waals surface area contributed by atoms with Crippen LogP contribution in [0.4, 0.5) is 5.69 Å². The van der Waals surface area contributed by atoms with Crippen LogP contribution in [-0.4, -0.2) is 54.1 Å². The minimum absolute atomic E-state index is 0.0759. The number of carbonyl (C=O) groups is 3. The standard InChI is InChI=1S/C19H24N2O5/c22-17(13-3-1-5-15(11-13)19(24)25)20-16-6-2-4-14(12-16)18(23)21-7-9-26-10-8-21/h2,4,6,12-13,15H,1,3,5,7-11H2,(H,20,22)(H,24,25). The van der Waals surface area contributed by atoms with Crippen LogP contribution in [0.15, 0.2) is 24.3 Å². The lowest BCUT2D eigenvalue weighted by Crippen LogP contribution is -2.40. The number of aliphatic carboxylic acids is 1. The Morgan fingerprint density at radius 2 is 1.85 bits per heavy atom. The van der Waals surface area contributed by atoms with Gasteiger partial charge in [0.15, 0.2) is 0 Å². The van der Waals surface area contributed by atoms with Gasteiger partial charge in [-0.1, -0.05) is 12.5 Å². The number of hydrogen-bond donors (Lipinski definition) is 2. The molecule has 2 N–H and O–H groups in total. The number of rotatable bonds is 4. The van der Waals surface area contributed by atoms with Crippen molar-refractivity contribution in [2.45, 2.75) is 25.7 Å². The number of benzene rings is 1. The topological polar surface area (TPSA) is 95.9 Å². The third kappa shape index (κ3) is 4.40. The van der Waals surface area contributed by atoms with Gasteiger partial charge in [0.1, 0.15) is 0 Å². The molecule has 1 aromatic carbocycles. The molecule has 1 aliphatic carbocycles. The van der Waals surface area contributed by atoms with Crippen molar-refractivity contribution in [2.75, 3.05) is 31.6 Å². The summed E-state index contributed by atoms with van der Waals surface area (Å²) >= 11 is 0. The Kier molecular flexibility index (Phi) is 5.88. The van der Waals surface area contributed by atoms with Crippen molar-refractivity contribution >= 4 is 23.5 Å². The second kappa shape index (κ2) is 8.31. The number of anilines is 1. The molecule has 2 aliphatic rings. The number of hydrogen-bond acceptors (Lipinski definition) is 4. The van der Waals surface area contributed by atoms with Gasteiger partial charge in [-0.15, -0.1) is 0 Å². The van der Waals surface area contributed by atoms with Crippen molar-refractivity contribution < 1.29 is 24.2 Å². The number of carbonyl (C=O) groups excluding carboxylic acids is 2. The van der Waals surface area contributed by atoms with Crippen LogP contribution < -0.4 is 5.32 Å². The fourth-order valence-electron chi connectivity index (χ4n) is 3.58. The molecule has 2 unspecified atom stereocenters. The van der Waals surface area contributed by atoms with Crippen LogP contribution in [0.5, 0.6) is 0 Å². The highest BCUT2D eigenvalue weighted by Gasteiger charge is 2.31. The zero-order valence-electron chi connectivity index (χ0n) is 14.6. The van der Waals surface area contributed by atoms with Crippen LogP contribution in [0.1, 0.15) is 36.0 Å². The minimum Gasteiger partial charge on any atom is -0.481 e. The predicted octanol–water partition coefficient (Wildman–Crippen LogP) is 1.99. The number of nitrogens with one attached hydrogen (secondary N) is 1. The average Bonchev–Trinajstić information content (AvgIpc) is 2.68. The molecule has 0 bridgehead atoms. The quantitative estimate of drug-likeness (QED) is 0.856. The lowest BCUT2D eigenvalue weighted by molar-refractivity contribution is -0.143. The summed E-state index contributed by atoms with van der Waals surface area (Å²) in [6.07, 6.45) is 2.43. The molecule has 1 aromatic rings. The molecule has 0 spiro atoms. The number of morpholine rings is 1. The van der Waals surface area contributed by atoms with Crippen molar-refractivity contribution in [3.8, 4) is 0 Å². The molecule has 26 heavy (non-hydrogen) atoms. The zero-order valence-corrected chi connectivity index (χ0v) is 14.6. The van der Waals surface area contributed by atoms with Crippen LogP contribution in [0.3, 0.4) is 0 Å². The molecular formula is C19H24N2O5. The highest BCUT2D eigenvalue weighted by atomic mass is 16.5. The van der Waals surface area contributed by atoms with E-state index in [0.717, 1.165) is 6.42 Å². The summed E-state index contributed by atoms with van der Waals surface area (Å²) in [5, 5.41) is 12.0. The smallest absolute Gasteiger partial charge is 0.306 e. The Bertz CT molecular complexity index is 684. The SMILES string of the molecule is O=C(O)C1CCCC(C(=O)Nc2cccc(C(=O)N3CCOCC3)c2)C1. The summed E-state index contributed by atoms with van der Waals surface area (Å²) in [6, 6.07) is 6.89. The Labute approximate surface area is 152 Å². The van der Waals surface area contributed by atoms with Crippen LogP contribution in [0, 0.1) is 11.8 Å². The summed E-state index contributed by atoms with van der Waals surface area (Å²) in [5.74, 6) is -1.84. The number of nitrogens with zero attached hydrogens (tertiary/aromatic N) is 1. The van der Waals surface area contributed by atoms with Gasteiger partial charge >= 0.3 is 5.97 Å². The van der Waals surface area contributed by atoms with Crippen molar-refractivity contribution in [3.63, 3.8) is 0 Å². The molecule has 1 saturated heterocycles. The third-order valence-electron chi connectivity index (χ3n) is 5.07. The molecule has 7 heteroatoms. The van der Waals surface area contributed by atoms with Crippen molar-refractivity contribution in [3.05, 3.63) is 29.8 Å². The van der Waals surface area contributed by atoms with E-state index in [1.54, 1.807) is 29.2 Å². The first-order chi connectivity index (χ1) is 12.5. The molecule has 140 valence electrons. The van der Waals surface area contributed by atoms with E-state index >= 15 is 0 Å². The normalized spacial score (nSPS) is 23.3. The summed E-state index contributed by atoms with van der Waals surface area (Å²) in [5.41, 5.74) is 1.09. The molecule has 2 fully saturated rings. The van der Waals surface area contributed by atoms with Gasteiger partial charge < -0.3 is 20.1 Å². The minimum atomic E-state index is -0.833. The fraction of sp³-hybridized carbons (Fsp3) is 0.526. The van der Waals surface area contributed by atoms with Crippen molar-refractivity contribution in [1.29, 1.82) is 0 Å². The molecule has 1 saturated carbocycles. The van der Waals surface area contributed by atoms with Gasteiger partial charge in [0.05, 0.1) is 19.1 Å². The van der Waals surface area contributed by atoms with Crippen molar-refractivity contribution in [1.82, 2.24) is 4.90 Å². The molecule has 2 amide bonds. The Morgan fingerprint density at radius 1 is 1.12 bits per heavy atom. The maximum atomic E-state index is 12.5. The molecule has 1 heterocycles. The van der Waals surface area contributed by atoms with E-state index in [1.807, 2.05) is 0 Å². The molecule has 1 aliphatic heterocycles. The number of ether oxygens (including phenoxy) is 1. The van der Waals surface area contributed by atoms with Gasteiger partial charge in [0, 0.05) is 30.3 Å². The van der Waals surface area contributed by atoms with Gasteiger partial charge in [-0.05, 0) is 37.5 Å². The summed E-state index contributed by atoms with van der Waals surface area (Å²) in [4.78, 5) is 38.0. The fourth-order valence-corrected chi connectivity index (χ4v) is 3.58. The van der Waals surface area contributed by atoms with E-state index in [-0.39, 0.29) is 17.7 Å². The average molecular weight is 360 g/mol. The van der Waals surface area contributed by atoms with E-state index in [2.05, 4.69) is 5.32 Å². The van der Waals surface area contributed by atoms with E-state index < -0.39 is 11.9 Å². The number of amides is 2. The molecule has 3 rings (SSSR count). The molecule has 0 aromatic heterocycles. The largest absolute Gasteiger partial charge is 0.481 e. The van der Waals surface area contributed by atoms with E-state index in [4.69, 9.17) is 9.84 Å². The highest BCUT2D eigenvalue weighted by Crippen LogP contribution is 2.30. The van der Waals surface area contributed by atoms with Crippen molar-refractivity contribution in [2.24, 2.45) is 11.8 Å². The number of carboxylic acids is 1. The molecule has 0 radical (unpaired) electrons. The van der Waals surface area contributed by atoms with Crippen LogP contribution >= 0.6 is 0 Å². The summed E-state index contributed by atoms with van der Waals surface area (Å²) < 4.78 is 5.26. The van der Waals surface area contributed by atoms with Crippen LogP contribution in [0.25, 0.3) is 0 Å². The third-order valence-corrected chi connectivity index (χ3v) is 5.07. The predicted molar refractivity (Wildman–Crippen MR) is 94.9 cm³/mol. The van der Waals surface area contributed by atoms with Gasteiger partial charge in [-0.2, -0.15) is 0 Å². The second-order valence-electron chi connectivity index (χ2n) is 6.87. The lowest BCUT2D eigenvalue weighted by Gasteiger charge is -2.27. The van der Waals surface area contributed by atoms with Crippen LogP contribution in [-0.2, 0) is 14.3 Å². The Morgan fingerprint density at radius 3 is 2.58 bits per heavy atom. The van der Waals surface area contributed by atoms with Crippen LogP contribution in [0.2, 0.25) is 0 Å². The zero-order chi connectivity index (χ0) is 18.5. The summed E-state index contributed by atoms with van der Waals surface area (Å²) in [6.45, 7) is 2.20. The Balaban J connectivity index is 1.63. The molecule has 7 nitrogen and oxygen atoms in total. The molecular weight excluding hydrogens is 336 g/mol. The van der Waals surface area contributed by atoms with E-state index in [9.17, 15) is 14.4 Å². The summed E-state index contributed by atoms with van der Waals surface area (Å²) in [7, 11) is 0. The maximum Gasteiger partial charge on any atom is 0.306 e. The monoisotopic (exact) mass is 360 g/mol. The second-order valence-corrected chi connectivity index (χ2v) is 6.87. The van der Waals surface area contributed by atoms with Gasteiger partial charge in [-0.25, -0.2) is 0 Å². The number of carboxylic acid groups (broad SMARTS) is 1. The maximum absolute atomic E-state index is 12.5. The first kappa shape index (κ1) is 18.4. The Hall–Kier alpha value is -2.41. The van der Waals surface area contributed by atoms with Gasteiger partial charge in [0.25, 0.3) is 5.91 Å². The highest BCUT2D eigenvalue weighted by molar-refractivity contribution is 5.97. The van der Waals surface area contributed by atoms with Gasteiger partial charge in [-0.3, -0.25) is 14.4 Å². The lowest BCUT2D eigenvalue weighted by atomic mass is 9.81. The molecule has 2 atom stereocenters. The van der Waals surface area contributed by atoms with Gasteiger partial charge in [0.2, 0.25) is 5.91 Å². The first-order valence-electron chi connectivity index (χ1n) is 9.05. The first-order valence-corrected chi connectivity index (χ1v) is 9.05. The van der Waals surface area contributed by atoms with E-state index in [0.29, 0.717) is 56.8 Å².